The molecule has 0 spiro atoms. The highest BCUT2D eigenvalue weighted by Crippen LogP contribution is 2.36. The number of aliphatic hydroxyl groups is 3. The van der Waals surface area contributed by atoms with Crippen LogP contribution in [0.5, 0.6) is 0 Å². The van der Waals surface area contributed by atoms with Crippen LogP contribution in [0.15, 0.2) is 43.5 Å². The van der Waals surface area contributed by atoms with Crippen LogP contribution in [0.4, 0.5) is 8.78 Å². The summed E-state index contributed by atoms with van der Waals surface area (Å²) in [7, 11) is 0. The highest BCUT2D eigenvalue weighted by atomic mass is 19.1. The Morgan fingerprint density at radius 2 is 1.65 bits per heavy atom. The summed E-state index contributed by atoms with van der Waals surface area (Å²) in [6.45, 7) is -0.587. The summed E-state index contributed by atoms with van der Waals surface area (Å²) in [6.07, 6.45) is -4.70. The van der Waals surface area contributed by atoms with Crippen LogP contribution in [0.25, 0.3) is 0 Å². The van der Waals surface area contributed by atoms with Crippen molar-refractivity contribution in [3.63, 3.8) is 0 Å². The van der Waals surface area contributed by atoms with Gasteiger partial charge in [-0.3, -0.25) is 0 Å². The maximum Gasteiger partial charge on any atom is 0.335 e. The van der Waals surface area contributed by atoms with E-state index in [1.165, 1.54) is 34.7 Å². The first-order chi connectivity index (χ1) is 16.2. The standard InChI is InChI=1S/C19H20F2N6O7/c20-10-1-2-11(12(21)3-10)19(4-26-8-22-6-24-26,5-27-9-23-7-25-27)34-18-15(30)13(28)14(29)16(33-18)17(31)32/h1-3,6-9,13-16,18,28-30H,4-5H2,(H,31,32)/t13-,14-,15+,16-,18?/m0/s1. The highest BCUT2D eigenvalue weighted by Gasteiger charge is 2.51. The minimum absolute atomic E-state index is 0.219. The third-order valence-corrected chi connectivity index (χ3v) is 5.34. The lowest BCUT2D eigenvalue weighted by Gasteiger charge is -2.43. The van der Waals surface area contributed by atoms with Gasteiger partial charge in [-0.25, -0.2) is 32.9 Å². The van der Waals surface area contributed by atoms with Gasteiger partial charge in [0.1, 0.15) is 60.9 Å². The number of aliphatic carboxylic acids is 1. The lowest BCUT2D eigenvalue weighted by atomic mass is 9.91. The molecular formula is C19H20F2N6O7. The molecule has 1 saturated heterocycles. The molecule has 0 aliphatic carbocycles. The molecule has 2 aromatic heterocycles. The maximum atomic E-state index is 15.1. The number of carbonyl (C=O) groups is 1. The van der Waals surface area contributed by atoms with Crippen molar-refractivity contribution in [1.29, 1.82) is 0 Å². The van der Waals surface area contributed by atoms with Gasteiger partial charge in [0.2, 0.25) is 0 Å². The zero-order chi connectivity index (χ0) is 24.5. The number of ether oxygens (including phenoxy) is 2. The Hall–Kier alpha value is -3.37. The number of carboxylic acids is 1. The molecule has 182 valence electrons. The molecule has 3 aromatic rings. The third-order valence-electron chi connectivity index (χ3n) is 5.34. The molecule has 4 N–H and O–H groups in total. The monoisotopic (exact) mass is 482 g/mol. The lowest BCUT2D eigenvalue weighted by Crippen LogP contribution is -2.62. The molecule has 15 heteroatoms. The van der Waals surface area contributed by atoms with Crippen LogP contribution >= 0.6 is 0 Å². The number of hydrogen-bond donors (Lipinski definition) is 4. The molecule has 0 amide bonds. The molecular weight excluding hydrogens is 462 g/mol. The van der Waals surface area contributed by atoms with Gasteiger partial charge in [0.25, 0.3) is 0 Å². The van der Waals surface area contributed by atoms with E-state index in [1.54, 1.807) is 0 Å². The minimum atomic E-state index is -1.96. The Kier molecular flexibility index (Phi) is 6.63. The summed E-state index contributed by atoms with van der Waals surface area (Å²) in [5, 5.41) is 48.0. The van der Waals surface area contributed by atoms with Crippen molar-refractivity contribution in [2.24, 2.45) is 0 Å². The van der Waals surface area contributed by atoms with Gasteiger partial charge in [0, 0.05) is 11.6 Å². The van der Waals surface area contributed by atoms with Gasteiger partial charge in [-0.05, 0) is 6.07 Å². The van der Waals surface area contributed by atoms with Gasteiger partial charge in [0.15, 0.2) is 12.4 Å². The van der Waals surface area contributed by atoms with Gasteiger partial charge in [-0.2, -0.15) is 10.2 Å². The number of rotatable bonds is 8. The number of nitrogens with zero attached hydrogens (tertiary/aromatic N) is 6. The van der Waals surface area contributed by atoms with Crippen LogP contribution < -0.4 is 0 Å². The maximum absolute atomic E-state index is 15.1. The van der Waals surface area contributed by atoms with E-state index < -0.39 is 53.9 Å². The van der Waals surface area contributed by atoms with E-state index in [0.717, 1.165) is 12.1 Å². The molecule has 13 nitrogen and oxygen atoms in total. The second kappa shape index (κ2) is 9.47. The molecule has 1 aromatic carbocycles. The Morgan fingerprint density at radius 3 is 2.15 bits per heavy atom. The van der Waals surface area contributed by atoms with Gasteiger partial charge in [-0.1, -0.05) is 6.07 Å². The normalized spacial score (nSPS) is 25.4. The molecule has 3 heterocycles. The van der Waals surface area contributed by atoms with Gasteiger partial charge in [0.05, 0.1) is 13.1 Å². The number of aliphatic hydroxyl groups excluding tert-OH is 3. The van der Waals surface area contributed by atoms with Crippen LogP contribution in [-0.2, 0) is 33.0 Å². The summed E-state index contributed by atoms with van der Waals surface area (Å²) in [5.74, 6) is -3.52. The molecule has 1 aliphatic rings. The van der Waals surface area contributed by atoms with Crippen LogP contribution in [-0.4, -0.2) is 86.6 Å². The second-order valence-electron chi connectivity index (χ2n) is 7.66. The molecule has 34 heavy (non-hydrogen) atoms. The second-order valence-corrected chi connectivity index (χ2v) is 7.66. The molecule has 1 aliphatic heterocycles. The first-order valence-electron chi connectivity index (χ1n) is 9.91. The summed E-state index contributed by atoms with van der Waals surface area (Å²) in [6, 6.07) is 2.70. The molecule has 4 rings (SSSR count). The number of halogens is 2. The molecule has 0 radical (unpaired) electrons. The minimum Gasteiger partial charge on any atom is -0.479 e. The largest absolute Gasteiger partial charge is 0.479 e. The number of carboxylic acid groups (broad SMARTS) is 1. The highest BCUT2D eigenvalue weighted by molar-refractivity contribution is 5.73. The van der Waals surface area contributed by atoms with Crippen LogP contribution in [0, 0.1) is 11.6 Å². The van der Waals surface area contributed by atoms with E-state index in [1.807, 2.05) is 0 Å². The Balaban J connectivity index is 1.82. The number of hydrogen-bond acceptors (Lipinski definition) is 10. The van der Waals surface area contributed by atoms with E-state index in [9.17, 15) is 29.6 Å². The van der Waals surface area contributed by atoms with Crippen molar-refractivity contribution in [3.05, 3.63) is 60.7 Å². The fraction of sp³-hybridized carbons (Fsp3) is 0.421. The van der Waals surface area contributed by atoms with E-state index in [4.69, 9.17) is 9.47 Å². The number of aromatic nitrogens is 6. The van der Waals surface area contributed by atoms with Gasteiger partial charge < -0.3 is 29.9 Å². The molecule has 1 unspecified atom stereocenters. The third kappa shape index (κ3) is 4.64. The molecule has 0 saturated carbocycles. The first kappa shape index (κ1) is 23.8. The quantitative estimate of drug-likeness (QED) is 0.298. The van der Waals surface area contributed by atoms with Crippen LogP contribution in [0.1, 0.15) is 5.56 Å². The Bertz CT molecular complexity index is 1080. The average Bonchev–Trinajstić information content (AvgIpc) is 3.48. The average molecular weight is 482 g/mol. The predicted molar refractivity (Wildman–Crippen MR) is 103 cm³/mol. The zero-order valence-corrected chi connectivity index (χ0v) is 17.3. The summed E-state index contributed by atoms with van der Waals surface area (Å²) < 4.78 is 42.6. The van der Waals surface area contributed by atoms with Crippen molar-refractivity contribution in [1.82, 2.24) is 29.5 Å². The molecule has 1 fully saturated rings. The van der Waals surface area contributed by atoms with Crippen molar-refractivity contribution >= 4 is 5.97 Å². The van der Waals surface area contributed by atoms with Crippen molar-refractivity contribution < 1.29 is 43.5 Å². The Morgan fingerprint density at radius 1 is 1.03 bits per heavy atom. The van der Waals surface area contributed by atoms with E-state index >= 15 is 4.39 Å². The number of benzene rings is 1. The van der Waals surface area contributed by atoms with E-state index in [2.05, 4.69) is 20.2 Å². The summed E-state index contributed by atoms with van der Waals surface area (Å²) in [5.41, 5.74) is -2.10. The predicted octanol–water partition coefficient (Wildman–Crippen LogP) is -1.35. The van der Waals surface area contributed by atoms with Crippen molar-refractivity contribution in [2.45, 2.75) is 49.4 Å². The fourth-order valence-electron chi connectivity index (χ4n) is 3.74. The first-order valence-corrected chi connectivity index (χ1v) is 9.91. The Labute approximate surface area is 189 Å². The van der Waals surface area contributed by atoms with Crippen LogP contribution in [0.3, 0.4) is 0 Å². The molecule has 5 atom stereocenters. The van der Waals surface area contributed by atoms with Gasteiger partial charge >= 0.3 is 5.97 Å². The van der Waals surface area contributed by atoms with Gasteiger partial charge in [-0.15, -0.1) is 0 Å². The summed E-state index contributed by atoms with van der Waals surface area (Å²) >= 11 is 0. The van der Waals surface area contributed by atoms with E-state index in [-0.39, 0.29) is 18.7 Å². The fourth-order valence-corrected chi connectivity index (χ4v) is 3.74. The summed E-state index contributed by atoms with van der Waals surface area (Å²) in [4.78, 5) is 19.2. The molecule has 0 bridgehead atoms. The van der Waals surface area contributed by atoms with E-state index in [0.29, 0.717) is 6.07 Å². The zero-order valence-electron chi connectivity index (χ0n) is 17.3. The SMILES string of the molecule is O=C(O)[C@H]1OC(OC(Cn2cncn2)(Cn2cncn2)c2ccc(F)cc2F)[C@H](O)[C@@H](O)[C@@H]1O. The lowest BCUT2D eigenvalue weighted by molar-refractivity contribution is -0.327. The topological polar surface area (TPSA) is 178 Å². The smallest absolute Gasteiger partial charge is 0.335 e. The van der Waals surface area contributed by atoms with Crippen molar-refractivity contribution in [2.75, 3.05) is 0 Å². The van der Waals surface area contributed by atoms with Crippen LogP contribution in [0.2, 0.25) is 0 Å². The van der Waals surface area contributed by atoms with Crippen molar-refractivity contribution in [3.8, 4) is 0 Å².